The zero-order valence-electron chi connectivity index (χ0n) is 16.7. The number of hydrogen-bond acceptors (Lipinski definition) is 5. The standard InChI is InChI=1S/C23H14Br2Cl2N4OS/c24-15-5-1-13(2-6-15)21-22(14-3-7-16(25)8-4-14)30-31-23(29-21)33-12-20(32)28-17-9-10-18(26)19(27)11-17/h1-11H,12H2,(H,28,32). The molecule has 0 aliphatic carbocycles. The molecule has 0 aliphatic heterocycles. The highest BCUT2D eigenvalue weighted by molar-refractivity contribution is 9.10. The van der Waals surface area contributed by atoms with Crippen LogP contribution in [0.3, 0.4) is 0 Å². The molecule has 166 valence electrons. The molecule has 4 aromatic rings. The van der Waals surface area contributed by atoms with E-state index < -0.39 is 0 Å². The van der Waals surface area contributed by atoms with Crippen molar-refractivity contribution < 1.29 is 4.79 Å². The summed E-state index contributed by atoms with van der Waals surface area (Å²) in [5, 5.41) is 12.7. The van der Waals surface area contributed by atoms with E-state index in [-0.39, 0.29) is 11.7 Å². The second kappa shape index (κ2) is 11.0. The fraction of sp³-hybridized carbons (Fsp3) is 0.0435. The normalized spacial score (nSPS) is 10.8. The average Bonchev–Trinajstić information content (AvgIpc) is 2.81. The van der Waals surface area contributed by atoms with Gasteiger partial charge in [-0.05, 0) is 42.5 Å². The molecule has 10 heteroatoms. The van der Waals surface area contributed by atoms with Crippen LogP contribution >= 0.6 is 66.8 Å². The van der Waals surface area contributed by atoms with Crippen LogP contribution in [0.25, 0.3) is 22.5 Å². The maximum atomic E-state index is 12.4. The number of anilines is 1. The molecule has 1 heterocycles. The molecular formula is C23H14Br2Cl2N4OS. The Balaban J connectivity index is 1.56. The number of hydrogen-bond donors (Lipinski definition) is 1. The van der Waals surface area contributed by atoms with Crippen LogP contribution in [0.2, 0.25) is 10.0 Å². The van der Waals surface area contributed by atoms with Crippen molar-refractivity contribution >= 4 is 78.4 Å². The Kier molecular flexibility index (Phi) is 8.03. The monoisotopic (exact) mass is 622 g/mol. The molecule has 1 amide bonds. The van der Waals surface area contributed by atoms with Crippen LogP contribution in [-0.2, 0) is 4.79 Å². The number of nitrogens with zero attached hydrogens (tertiary/aromatic N) is 3. The van der Waals surface area contributed by atoms with Gasteiger partial charge in [0, 0.05) is 25.8 Å². The first-order chi connectivity index (χ1) is 15.9. The summed E-state index contributed by atoms with van der Waals surface area (Å²) in [6.07, 6.45) is 0. The topological polar surface area (TPSA) is 67.8 Å². The van der Waals surface area contributed by atoms with Gasteiger partial charge in [-0.3, -0.25) is 4.79 Å². The third-order valence-corrected chi connectivity index (χ3v) is 7.07. The van der Waals surface area contributed by atoms with E-state index in [1.165, 1.54) is 11.8 Å². The Morgan fingerprint density at radius 2 is 1.42 bits per heavy atom. The summed E-state index contributed by atoms with van der Waals surface area (Å²) >= 11 is 20.0. The van der Waals surface area contributed by atoms with E-state index >= 15 is 0 Å². The predicted molar refractivity (Wildman–Crippen MR) is 142 cm³/mol. The van der Waals surface area contributed by atoms with Gasteiger partial charge in [-0.2, -0.15) is 0 Å². The largest absolute Gasteiger partial charge is 0.325 e. The lowest BCUT2D eigenvalue weighted by Gasteiger charge is -2.10. The van der Waals surface area contributed by atoms with Crippen molar-refractivity contribution in [1.29, 1.82) is 0 Å². The molecule has 3 aromatic carbocycles. The number of nitrogens with one attached hydrogen (secondary N) is 1. The number of thioether (sulfide) groups is 1. The van der Waals surface area contributed by atoms with Crippen LogP contribution in [0.15, 0.2) is 80.8 Å². The quantitative estimate of drug-likeness (QED) is 0.222. The molecule has 0 saturated carbocycles. The lowest BCUT2D eigenvalue weighted by Crippen LogP contribution is -2.14. The number of benzene rings is 3. The van der Waals surface area contributed by atoms with Crippen molar-refractivity contribution in [2.75, 3.05) is 11.1 Å². The molecule has 0 bridgehead atoms. The molecule has 5 nitrogen and oxygen atoms in total. The molecule has 1 aromatic heterocycles. The van der Waals surface area contributed by atoms with Crippen molar-refractivity contribution in [3.63, 3.8) is 0 Å². The Morgan fingerprint density at radius 1 is 0.818 bits per heavy atom. The minimum atomic E-state index is -0.218. The van der Waals surface area contributed by atoms with Crippen LogP contribution in [-0.4, -0.2) is 26.8 Å². The van der Waals surface area contributed by atoms with Gasteiger partial charge < -0.3 is 5.32 Å². The molecule has 1 N–H and O–H groups in total. The maximum Gasteiger partial charge on any atom is 0.234 e. The van der Waals surface area contributed by atoms with E-state index in [9.17, 15) is 4.79 Å². The highest BCUT2D eigenvalue weighted by Gasteiger charge is 2.15. The van der Waals surface area contributed by atoms with E-state index in [1.807, 2.05) is 48.5 Å². The molecular weight excluding hydrogens is 611 g/mol. The summed E-state index contributed by atoms with van der Waals surface area (Å²) in [7, 11) is 0. The van der Waals surface area contributed by atoms with Crippen LogP contribution < -0.4 is 5.32 Å². The second-order valence-corrected chi connectivity index (χ2v) is 10.4. The van der Waals surface area contributed by atoms with Gasteiger partial charge >= 0.3 is 0 Å². The van der Waals surface area contributed by atoms with Gasteiger partial charge in [-0.1, -0.05) is 91.1 Å². The van der Waals surface area contributed by atoms with Gasteiger partial charge in [-0.15, -0.1) is 10.2 Å². The number of amides is 1. The first-order valence-corrected chi connectivity index (χ1v) is 12.9. The molecule has 0 unspecified atom stereocenters. The lowest BCUT2D eigenvalue weighted by molar-refractivity contribution is -0.113. The number of aromatic nitrogens is 3. The second-order valence-electron chi connectivity index (χ2n) is 6.77. The molecule has 0 spiro atoms. The fourth-order valence-corrected chi connectivity index (χ4v) is 4.30. The molecule has 0 saturated heterocycles. The average molecular weight is 625 g/mol. The number of rotatable bonds is 6. The summed E-state index contributed by atoms with van der Waals surface area (Å²) in [6.45, 7) is 0. The van der Waals surface area contributed by atoms with Crippen LogP contribution in [0.1, 0.15) is 0 Å². The van der Waals surface area contributed by atoms with E-state index in [0.717, 1.165) is 20.1 Å². The highest BCUT2D eigenvalue weighted by atomic mass is 79.9. The van der Waals surface area contributed by atoms with Crippen LogP contribution in [0, 0.1) is 0 Å². The molecule has 0 radical (unpaired) electrons. The minimum Gasteiger partial charge on any atom is -0.325 e. The van der Waals surface area contributed by atoms with Gasteiger partial charge in [0.25, 0.3) is 0 Å². The van der Waals surface area contributed by atoms with Gasteiger partial charge in [0.15, 0.2) is 0 Å². The fourth-order valence-electron chi connectivity index (χ4n) is 2.88. The van der Waals surface area contributed by atoms with Crippen LogP contribution in [0.5, 0.6) is 0 Å². The Bertz CT molecular complexity index is 1310. The number of halogens is 4. The number of carbonyl (C=O) groups excluding carboxylic acids is 1. The summed E-state index contributed by atoms with van der Waals surface area (Å²) < 4.78 is 1.93. The number of carbonyl (C=O) groups is 1. The summed E-state index contributed by atoms with van der Waals surface area (Å²) in [4.78, 5) is 17.1. The van der Waals surface area contributed by atoms with E-state index in [4.69, 9.17) is 28.2 Å². The third-order valence-electron chi connectivity index (χ3n) is 4.44. The first-order valence-electron chi connectivity index (χ1n) is 9.53. The third kappa shape index (κ3) is 6.33. The summed E-state index contributed by atoms with van der Waals surface area (Å²) in [5.74, 6) is -0.108. The van der Waals surface area contributed by atoms with E-state index in [2.05, 4.69) is 47.4 Å². The van der Waals surface area contributed by atoms with E-state index in [0.29, 0.717) is 32.3 Å². The maximum absolute atomic E-state index is 12.4. The van der Waals surface area contributed by atoms with Crippen molar-refractivity contribution in [3.8, 4) is 22.5 Å². The zero-order chi connectivity index (χ0) is 23.4. The highest BCUT2D eigenvalue weighted by Crippen LogP contribution is 2.31. The Hall–Kier alpha value is -1.97. The van der Waals surface area contributed by atoms with E-state index in [1.54, 1.807) is 18.2 Å². The van der Waals surface area contributed by atoms with Gasteiger partial charge in [0.1, 0.15) is 11.4 Å². The molecule has 0 atom stereocenters. The first kappa shape index (κ1) is 24.2. The van der Waals surface area contributed by atoms with Gasteiger partial charge in [0.2, 0.25) is 11.1 Å². The SMILES string of the molecule is O=C(CSc1nnc(-c2ccc(Br)cc2)c(-c2ccc(Br)cc2)n1)Nc1ccc(Cl)c(Cl)c1. The minimum absolute atomic E-state index is 0.110. The lowest BCUT2D eigenvalue weighted by atomic mass is 10.0. The Morgan fingerprint density at radius 3 is 2.03 bits per heavy atom. The van der Waals surface area contributed by atoms with Crippen molar-refractivity contribution in [1.82, 2.24) is 15.2 Å². The van der Waals surface area contributed by atoms with Crippen molar-refractivity contribution in [2.45, 2.75) is 5.16 Å². The summed E-state index contributed by atoms with van der Waals surface area (Å²) in [5.41, 5.74) is 3.70. The molecule has 33 heavy (non-hydrogen) atoms. The van der Waals surface area contributed by atoms with Crippen LogP contribution in [0.4, 0.5) is 5.69 Å². The van der Waals surface area contributed by atoms with Gasteiger partial charge in [0.05, 0.1) is 15.8 Å². The molecule has 4 rings (SSSR count). The van der Waals surface area contributed by atoms with Crippen molar-refractivity contribution in [2.24, 2.45) is 0 Å². The molecule has 0 aliphatic rings. The Labute approximate surface area is 221 Å². The summed E-state index contributed by atoms with van der Waals surface area (Å²) in [6, 6.07) is 20.5. The smallest absolute Gasteiger partial charge is 0.234 e. The predicted octanol–water partition coefficient (Wildman–Crippen LogP) is 7.77. The van der Waals surface area contributed by atoms with Gasteiger partial charge in [-0.25, -0.2) is 4.98 Å². The molecule has 0 fully saturated rings. The zero-order valence-corrected chi connectivity index (χ0v) is 22.2. The van der Waals surface area contributed by atoms with Crippen molar-refractivity contribution in [3.05, 3.63) is 85.7 Å².